The minimum Gasteiger partial charge on any atom is -0.294 e. The molecule has 1 atom stereocenters. The average molecular weight is 267 g/mol. The van der Waals surface area contributed by atoms with E-state index in [4.69, 9.17) is 0 Å². The maximum atomic E-state index is 12.0. The van der Waals surface area contributed by atoms with Crippen molar-refractivity contribution in [3.63, 3.8) is 0 Å². The van der Waals surface area contributed by atoms with E-state index in [0.717, 1.165) is 17.7 Å². The van der Waals surface area contributed by atoms with E-state index in [1.54, 1.807) is 4.90 Å². The van der Waals surface area contributed by atoms with E-state index < -0.39 is 0 Å². The van der Waals surface area contributed by atoms with E-state index >= 15 is 0 Å². The zero-order chi connectivity index (χ0) is 13.3. The van der Waals surface area contributed by atoms with Crippen LogP contribution < -0.4 is 4.90 Å². The second-order valence-electron chi connectivity index (χ2n) is 4.44. The average Bonchev–Trinajstić information content (AvgIpc) is 2.81. The largest absolute Gasteiger partial charge is 0.294 e. The Bertz CT molecular complexity index is 484. The second-order valence-corrected chi connectivity index (χ2v) is 5.92. The Morgan fingerprint density at radius 1 is 1.61 bits per heavy atom. The molecule has 1 N–H and O–H groups in total. The lowest BCUT2D eigenvalue weighted by atomic mass is 10.2. The number of aromatic nitrogens is 2. The van der Waals surface area contributed by atoms with E-state index in [1.165, 1.54) is 18.7 Å². The summed E-state index contributed by atoms with van der Waals surface area (Å²) >= 11 is 1.24. The van der Waals surface area contributed by atoms with Crippen LogP contribution in [0.4, 0.5) is 5.82 Å². The van der Waals surface area contributed by atoms with Crippen LogP contribution in [0, 0.1) is 6.92 Å². The van der Waals surface area contributed by atoms with Gasteiger partial charge in [0.05, 0.1) is 0 Å². The third-order valence-electron chi connectivity index (χ3n) is 3.12. The minimum atomic E-state index is 0.0472. The van der Waals surface area contributed by atoms with E-state index in [0.29, 0.717) is 18.8 Å². The van der Waals surface area contributed by atoms with E-state index in [2.05, 4.69) is 10.2 Å². The second kappa shape index (κ2) is 5.14. The van der Waals surface area contributed by atoms with Crippen molar-refractivity contribution in [2.75, 3.05) is 11.4 Å². The molecule has 0 spiro atoms. The topological polar surface area (TPSA) is 66.1 Å². The summed E-state index contributed by atoms with van der Waals surface area (Å²) in [5.41, 5.74) is 2.08. The van der Waals surface area contributed by atoms with Gasteiger partial charge in [0.25, 0.3) is 0 Å². The Morgan fingerprint density at radius 2 is 2.33 bits per heavy atom. The van der Waals surface area contributed by atoms with Crippen molar-refractivity contribution >= 4 is 28.6 Å². The van der Waals surface area contributed by atoms with Gasteiger partial charge in [0.2, 0.25) is 5.91 Å². The van der Waals surface area contributed by atoms with Crippen molar-refractivity contribution in [2.24, 2.45) is 0 Å². The summed E-state index contributed by atoms with van der Waals surface area (Å²) in [5.74, 6) is 0.759. The van der Waals surface area contributed by atoms with Gasteiger partial charge in [0.1, 0.15) is 0 Å². The fourth-order valence-corrected chi connectivity index (χ4v) is 3.14. The number of aryl methyl sites for hydroxylation is 1. The molecule has 0 saturated carbocycles. The van der Waals surface area contributed by atoms with Crippen LogP contribution in [-0.2, 0) is 16.0 Å². The van der Waals surface area contributed by atoms with Gasteiger partial charge in [-0.05, 0) is 13.3 Å². The smallest absolute Gasteiger partial charge is 0.229 e. The highest BCUT2D eigenvalue weighted by Crippen LogP contribution is 2.30. The van der Waals surface area contributed by atoms with Gasteiger partial charge in [-0.15, -0.1) is 0 Å². The number of rotatable bonds is 3. The number of carbonyl (C=O) groups is 2. The van der Waals surface area contributed by atoms with Crippen LogP contribution in [0.3, 0.4) is 0 Å². The standard InChI is InChI=1S/C12H17N3O2S/c1-4-10-7(2)12(14-13-10)15-6-9(5-11(15)17)18-8(3)16/h9H,4-6H2,1-3H3,(H,13,14). The van der Waals surface area contributed by atoms with Crippen molar-refractivity contribution in [2.45, 2.75) is 38.9 Å². The number of carbonyl (C=O) groups excluding carboxylic acids is 2. The molecule has 1 amide bonds. The van der Waals surface area contributed by atoms with Gasteiger partial charge < -0.3 is 0 Å². The summed E-state index contributed by atoms with van der Waals surface area (Å²) < 4.78 is 0. The third-order valence-corrected chi connectivity index (χ3v) is 4.10. The van der Waals surface area contributed by atoms with Crippen LogP contribution in [0.15, 0.2) is 0 Å². The molecule has 0 aromatic carbocycles. The van der Waals surface area contributed by atoms with Gasteiger partial charge in [-0.1, -0.05) is 18.7 Å². The summed E-state index contributed by atoms with van der Waals surface area (Å²) in [6.45, 7) is 6.12. The predicted molar refractivity (Wildman–Crippen MR) is 71.7 cm³/mol. The lowest BCUT2D eigenvalue weighted by molar-refractivity contribution is -0.117. The van der Waals surface area contributed by atoms with Crippen molar-refractivity contribution in [3.8, 4) is 0 Å². The van der Waals surface area contributed by atoms with Crippen molar-refractivity contribution in [1.82, 2.24) is 10.2 Å². The van der Waals surface area contributed by atoms with Crippen molar-refractivity contribution in [3.05, 3.63) is 11.3 Å². The molecule has 5 nitrogen and oxygen atoms in total. The number of H-pyrrole nitrogens is 1. The van der Waals surface area contributed by atoms with Gasteiger partial charge >= 0.3 is 0 Å². The molecule has 2 heterocycles. The van der Waals surface area contributed by atoms with E-state index in [-0.39, 0.29) is 16.3 Å². The molecule has 2 rings (SSSR count). The van der Waals surface area contributed by atoms with Crippen LogP contribution in [0.25, 0.3) is 0 Å². The van der Waals surface area contributed by atoms with Gasteiger partial charge in [-0.25, -0.2) is 0 Å². The summed E-state index contributed by atoms with van der Waals surface area (Å²) in [6, 6.07) is 0. The number of thioether (sulfide) groups is 1. The predicted octanol–water partition coefficient (Wildman–Crippen LogP) is 1.67. The fraction of sp³-hybridized carbons (Fsp3) is 0.583. The molecule has 1 aromatic rings. The molecular weight excluding hydrogens is 250 g/mol. The molecule has 98 valence electrons. The van der Waals surface area contributed by atoms with Crippen LogP contribution in [0.1, 0.15) is 31.5 Å². The van der Waals surface area contributed by atoms with Crippen LogP contribution in [0.2, 0.25) is 0 Å². The molecule has 1 unspecified atom stereocenters. The van der Waals surface area contributed by atoms with Crippen LogP contribution >= 0.6 is 11.8 Å². The molecule has 1 aliphatic heterocycles. The lowest BCUT2D eigenvalue weighted by Crippen LogP contribution is -2.26. The number of aromatic amines is 1. The Hall–Kier alpha value is -1.30. The Labute approximate surface area is 110 Å². The zero-order valence-electron chi connectivity index (χ0n) is 10.8. The zero-order valence-corrected chi connectivity index (χ0v) is 11.6. The first-order chi connectivity index (χ1) is 8.52. The molecule has 0 bridgehead atoms. The molecule has 1 aliphatic rings. The quantitative estimate of drug-likeness (QED) is 0.904. The van der Waals surface area contributed by atoms with Gasteiger partial charge in [-0.2, -0.15) is 5.10 Å². The van der Waals surface area contributed by atoms with Crippen molar-refractivity contribution in [1.29, 1.82) is 0 Å². The lowest BCUT2D eigenvalue weighted by Gasteiger charge is -2.14. The van der Waals surface area contributed by atoms with Gasteiger partial charge in [-0.3, -0.25) is 19.6 Å². The maximum Gasteiger partial charge on any atom is 0.229 e. The number of nitrogens with zero attached hydrogens (tertiary/aromatic N) is 2. The normalized spacial score (nSPS) is 19.6. The number of nitrogens with one attached hydrogen (secondary N) is 1. The highest BCUT2D eigenvalue weighted by Gasteiger charge is 2.34. The molecule has 1 saturated heterocycles. The highest BCUT2D eigenvalue weighted by atomic mass is 32.2. The van der Waals surface area contributed by atoms with Gasteiger partial charge in [0.15, 0.2) is 10.9 Å². The molecule has 18 heavy (non-hydrogen) atoms. The van der Waals surface area contributed by atoms with E-state index in [1.807, 2.05) is 13.8 Å². The Kier molecular flexibility index (Phi) is 3.75. The van der Waals surface area contributed by atoms with Gasteiger partial charge in [0, 0.05) is 36.4 Å². The molecule has 6 heteroatoms. The first-order valence-corrected chi connectivity index (χ1v) is 6.92. The monoisotopic (exact) mass is 267 g/mol. The summed E-state index contributed by atoms with van der Waals surface area (Å²) in [7, 11) is 0. The summed E-state index contributed by atoms with van der Waals surface area (Å²) in [5, 5.41) is 7.29. The van der Waals surface area contributed by atoms with Crippen LogP contribution in [0.5, 0.6) is 0 Å². The Balaban J connectivity index is 2.16. The first-order valence-electron chi connectivity index (χ1n) is 6.04. The number of hydrogen-bond acceptors (Lipinski definition) is 4. The number of anilines is 1. The molecular formula is C12H17N3O2S. The maximum absolute atomic E-state index is 12.0. The molecule has 1 aromatic heterocycles. The Morgan fingerprint density at radius 3 is 2.89 bits per heavy atom. The number of hydrogen-bond donors (Lipinski definition) is 1. The summed E-state index contributed by atoms with van der Waals surface area (Å²) in [6.07, 6.45) is 1.28. The third kappa shape index (κ3) is 2.43. The van der Waals surface area contributed by atoms with E-state index in [9.17, 15) is 9.59 Å². The molecule has 0 aliphatic carbocycles. The molecule has 0 radical (unpaired) electrons. The molecule has 1 fully saturated rings. The first kappa shape index (κ1) is 13.1. The number of amides is 1. The van der Waals surface area contributed by atoms with Crippen molar-refractivity contribution < 1.29 is 9.59 Å². The summed E-state index contributed by atoms with van der Waals surface area (Å²) in [4.78, 5) is 24.7. The highest BCUT2D eigenvalue weighted by molar-refractivity contribution is 8.14. The fourth-order valence-electron chi connectivity index (χ4n) is 2.22. The minimum absolute atomic E-state index is 0.0472. The van der Waals surface area contributed by atoms with Crippen LogP contribution in [-0.4, -0.2) is 33.0 Å². The SMILES string of the molecule is CCc1[nH]nc(N2CC(SC(C)=O)CC2=O)c1C.